The van der Waals surface area contributed by atoms with Gasteiger partial charge in [-0.1, -0.05) is 15.9 Å². The van der Waals surface area contributed by atoms with Gasteiger partial charge in [-0.2, -0.15) is 0 Å². The van der Waals surface area contributed by atoms with Gasteiger partial charge in [0.05, 0.1) is 5.60 Å². The number of aliphatic hydroxyl groups excluding tert-OH is 1. The van der Waals surface area contributed by atoms with E-state index < -0.39 is 11.7 Å². The molecule has 0 spiro atoms. The van der Waals surface area contributed by atoms with Gasteiger partial charge < -0.3 is 25.0 Å². The summed E-state index contributed by atoms with van der Waals surface area (Å²) in [6.07, 6.45) is 0.647. The van der Waals surface area contributed by atoms with Crippen molar-refractivity contribution in [1.82, 2.24) is 5.32 Å². The maximum atomic E-state index is 10.3. The maximum absolute atomic E-state index is 10.3. The summed E-state index contributed by atoms with van der Waals surface area (Å²) in [5, 5.41) is 23.2. The number of hydrogen-bond donors (Lipinski definition) is 3. The molecule has 5 nitrogen and oxygen atoms in total. The van der Waals surface area contributed by atoms with Crippen LogP contribution in [-0.4, -0.2) is 54.8 Å². The van der Waals surface area contributed by atoms with E-state index in [9.17, 15) is 10.2 Å². The average Bonchev–Trinajstić information content (AvgIpc) is 2.47. The lowest BCUT2D eigenvalue weighted by Gasteiger charge is -2.32. The highest BCUT2D eigenvalue weighted by atomic mass is 79.9. The first-order valence-electron chi connectivity index (χ1n) is 7.15. The normalized spacial score (nSPS) is 19.2. The molecule has 1 aromatic carbocycles. The first-order chi connectivity index (χ1) is 10.1. The van der Waals surface area contributed by atoms with Crippen molar-refractivity contribution in [1.29, 1.82) is 0 Å². The number of halogens is 1. The molecule has 6 heteroatoms. The van der Waals surface area contributed by atoms with E-state index >= 15 is 0 Å². The van der Waals surface area contributed by atoms with Gasteiger partial charge in [0.1, 0.15) is 18.5 Å². The summed E-state index contributed by atoms with van der Waals surface area (Å²) in [5.74, 6) is 0.723. The van der Waals surface area contributed by atoms with Crippen molar-refractivity contribution in [3.63, 3.8) is 0 Å². The minimum Gasteiger partial charge on any atom is -0.491 e. The Bertz CT molecular complexity index is 420. The number of hydrogen-bond acceptors (Lipinski definition) is 5. The molecule has 0 aliphatic carbocycles. The number of aliphatic hydroxyl groups is 2. The van der Waals surface area contributed by atoms with Crippen molar-refractivity contribution >= 4 is 15.9 Å². The Balaban J connectivity index is 1.63. The summed E-state index contributed by atoms with van der Waals surface area (Å²) >= 11 is 3.35. The monoisotopic (exact) mass is 359 g/mol. The number of benzene rings is 1. The molecule has 1 saturated heterocycles. The molecule has 3 N–H and O–H groups in total. The van der Waals surface area contributed by atoms with Crippen LogP contribution in [0, 0.1) is 0 Å². The predicted molar refractivity (Wildman–Crippen MR) is 83.5 cm³/mol. The molecular weight excluding hydrogens is 338 g/mol. The van der Waals surface area contributed by atoms with Crippen LogP contribution >= 0.6 is 15.9 Å². The Morgan fingerprint density at radius 1 is 1.29 bits per heavy atom. The Morgan fingerprint density at radius 3 is 2.62 bits per heavy atom. The first kappa shape index (κ1) is 16.7. The lowest BCUT2D eigenvalue weighted by molar-refractivity contribution is -0.0626. The molecule has 2 rings (SSSR count). The fourth-order valence-corrected chi connectivity index (χ4v) is 2.45. The van der Waals surface area contributed by atoms with Crippen molar-refractivity contribution in [2.24, 2.45) is 0 Å². The van der Waals surface area contributed by atoms with Crippen molar-refractivity contribution in [2.45, 2.75) is 24.5 Å². The fourth-order valence-electron chi connectivity index (χ4n) is 2.18. The summed E-state index contributed by atoms with van der Waals surface area (Å²) in [6, 6.07) is 7.46. The van der Waals surface area contributed by atoms with Crippen molar-refractivity contribution in [3.8, 4) is 5.75 Å². The van der Waals surface area contributed by atoms with Crippen LogP contribution < -0.4 is 10.1 Å². The largest absolute Gasteiger partial charge is 0.491 e. The molecule has 1 aromatic rings. The molecule has 1 fully saturated rings. The molecule has 21 heavy (non-hydrogen) atoms. The predicted octanol–water partition coefficient (Wildman–Crippen LogP) is 1.32. The van der Waals surface area contributed by atoms with Crippen molar-refractivity contribution < 1.29 is 19.7 Å². The highest BCUT2D eigenvalue weighted by Gasteiger charge is 2.29. The topological polar surface area (TPSA) is 71.0 Å². The zero-order chi connectivity index (χ0) is 15.1. The van der Waals surface area contributed by atoms with Crippen LogP contribution in [0.3, 0.4) is 0 Å². The first-order valence-corrected chi connectivity index (χ1v) is 7.94. The minimum absolute atomic E-state index is 0.218. The highest BCUT2D eigenvalue weighted by Crippen LogP contribution is 2.19. The average molecular weight is 360 g/mol. The number of rotatable bonds is 7. The fraction of sp³-hybridized carbons (Fsp3) is 0.600. The summed E-state index contributed by atoms with van der Waals surface area (Å²) in [6.45, 7) is 2.25. The van der Waals surface area contributed by atoms with Gasteiger partial charge >= 0.3 is 0 Å². The van der Waals surface area contributed by atoms with Crippen molar-refractivity contribution in [2.75, 3.05) is 32.9 Å². The van der Waals surface area contributed by atoms with Crippen LogP contribution in [0.1, 0.15) is 12.8 Å². The lowest BCUT2D eigenvalue weighted by atomic mass is 9.94. The van der Waals surface area contributed by atoms with Gasteiger partial charge in [0, 0.05) is 43.6 Å². The summed E-state index contributed by atoms with van der Waals surface area (Å²) in [7, 11) is 0. The molecule has 1 aliphatic heterocycles. The Kier molecular flexibility index (Phi) is 6.44. The van der Waals surface area contributed by atoms with E-state index in [1.54, 1.807) is 0 Å². The second-order valence-electron chi connectivity index (χ2n) is 5.39. The van der Waals surface area contributed by atoms with Gasteiger partial charge in [-0.3, -0.25) is 0 Å². The van der Waals surface area contributed by atoms with Gasteiger partial charge in [-0.25, -0.2) is 0 Å². The van der Waals surface area contributed by atoms with E-state index in [1.807, 2.05) is 24.3 Å². The second-order valence-corrected chi connectivity index (χ2v) is 6.30. The Morgan fingerprint density at radius 2 is 1.95 bits per heavy atom. The van der Waals surface area contributed by atoms with E-state index in [4.69, 9.17) is 9.47 Å². The third kappa shape index (κ3) is 5.92. The van der Waals surface area contributed by atoms with Crippen LogP contribution in [-0.2, 0) is 4.74 Å². The van der Waals surface area contributed by atoms with Crippen LogP contribution in [0.4, 0.5) is 0 Å². The Labute approximate surface area is 133 Å². The van der Waals surface area contributed by atoms with Gasteiger partial charge in [-0.05, 0) is 24.3 Å². The zero-order valence-corrected chi connectivity index (χ0v) is 13.5. The molecule has 1 atom stereocenters. The number of nitrogens with one attached hydrogen (secondary N) is 1. The molecule has 1 heterocycles. The van der Waals surface area contributed by atoms with Gasteiger partial charge in [0.2, 0.25) is 0 Å². The van der Waals surface area contributed by atoms with E-state index in [0.717, 1.165) is 10.2 Å². The molecule has 0 bridgehead atoms. The lowest BCUT2D eigenvalue weighted by Crippen LogP contribution is -2.47. The molecule has 0 aromatic heterocycles. The third-order valence-corrected chi connectivity index (χ3v) is 4.04. The molecule has 0 amide bonds. The molecule has 1 unspecified atom stereocenters. The molecule has 0 radical (unpaired) electrons. The molecule has 0 saturated carbocycles. The van der Waals surface area contributed by atoms with Crippen molar-refractivity contribution in [3.05, 3.63) is 28.7 Å². The van der Waals surface area contributed by atoms with Gasteiger partial charge in [0.15, 0.2) is 0 Å². The SMILES string of the molecule is OC(CNCC1(O)CCOCC1)COc1ccc(Br)cc1. The van der Waals surface area contributed by atoms with Crippen LogP contribution in [0.5, 0.6) is 5.75 Å². The summed E-state index contributed by atoms with van der Waals surface area (Å²) in [5.41, 5.74) is -0.718. The molecule has 1 aliphatic rings. The summed E-state index contributed by atoms with van der Waals surface area (Å²) in [4.78, 5) is 0. The standard InChI is InChI=1S/C15H22BrNO4/c16-12-1-3-14(4-2-12)21-10-13(18)9-17-11-15(19)5-7-20-8-6-15/h1-4,13,17-19H,5-11H2. The zero-order valence-electron chi connectivity index (χ0n) is 11.9. The quantitative estimate of drug-likeness (QED) is 0.684. The number of ether oxygens (including phenoxy) is 2. The second kappa shape index (κ2) is 8.10. The van der Waals surface area contributed by atoms with E-state index in [-0.39, 0.29) is 6.61 Å². The maximum Gasteiger partial charge on any atom is 0.119 e. The van der Waals surface area contributed by atoms with E-state index in [0.29, 0.717) is 39.1 Å². The van der Waals surface area contributed by atoms with E-state index in [1.165, 1.54) is 0 Å². The van der Waals surface area contributed by atoms with Gasteiger partial charge in [0.25, 0.3) is 0 Å². The van der Waals surface area contributed by atoms with Crippen LogP contribution in [0.15, 0.2) is 28.7 Å². The highest BCUT2D eigenvalue weighted by molar-refractivity contribution is 9.10. The van der Waals surface area contributed by atoms with Gasteiger partial charge in [-0.15, -0.1) is 0 Å². The minimum atomic E-state index is -0.718. The van der Waals surface area contributed by atoms with Crippen LogP contribution in [0.2, 0.25) is 0 Å². The smallest absolute Gasteiger partial charge is 0.119 e. The molecular formula is C15H22BrNO4. The van der Waals surface area contributed by atoms with Crippen LogP contribution in [0.25, 0.3) is 0 Å². The summed E-state index contributed by atoms with van der Waals surface area (Å²) < 4.78 is 11.7. The third-order valence-electron chi connectivity index (χ3n) is 3.51. The molecule has 118 valence electrons. The Hall–Kier alpha value is -0.660. The van der Waals surface area contributed by atoms with E-state index in [2.05, 4.69) is 21.2 Å².